The van der Waals surface area contributed by atoms with Crippen molar-refractivity contribution >= 4 is 50.6 Å². The highest BCUT2D eigenvalue weighted by Crippen LogP contribution is 2.37. The van der Waals surface area contributed by atoms with Crippen LogP contribution < -0.4 is 10.1 Å². The molecule has 0 atom stereocenters. The predicted molar refractivity (Wildman–Crippen MR) is 104 cm³/mol. The fourth-order valence-corrected chi connectivity index (χ4v) is 3.80. The monoisotopic (exact) mass is 389 g/mol. The molecule has 0 fully saturated rings. The number of anilines is 1. The zero-order valence-electron chi connectivity index (χ0n) is 14.2. The fourth-order valence-electron chi connectivity index (χ4n) is 2.41. The summed E-state index contributed by atoms with van der Waals surface area (Å²) in [6.07, 6.45) is 0. The van der Waals surface area contributed by atoms with E-state index in [0.29, 0.717) is 33.5 Å². The van der Waals surface area contributed by atoms with E-state index in [9.17, 15) is 9.59 Å². The molecule has 5 nitrogen and oxygen atoms in total. The van der Waals surface area contributed by atoms with Crippen LogP contribution in [0.1, 0.15) is 27.0 Å². The molecule has 1 heterocycles. The van der Waals surface area contributed by atoms with Gasteiger partial charge < -0.3 is 14.8 Å². The Hall–Kier alpha value is -2.57. The smallest absolute Gasteiger partial charge is 0.338 e. The van der Waals surface area contributed by atoms with Crippen LogP contribution in [-0.4, -0.2) is 25.6 Å². The van der Waals surface area contributed by atoms with Gasteiger partial charge >= 0.3 is 5.97 Å². The van der Waals surface area contributed by atoms with Crippen molar-refractivity contribution < 1.29 is 19.1 Å². The van der Waals surface area contributed by atoms with Crippen molar-refractivity contribution in [2.45, 2.75) is 6.92 Å². The van der Waals surface area contributed by atoms with Crippen molar-refractivity contribution in [1.29, 1.82) is 0 Å². The number of halogens is 1. The molecule has 0 aliphatic carbocycles. The maximum atomic E-state index is 12.6. The van der Waals surface area contributed by atoms with Gasteiger partial charge in [-0.15, -0.1) is 11.3 Å². The number of nitrogens with one attached hydrogen (secondary N) is 1. The van der Waals surface area contributed by atoms with E-state index in [2.05, 4.69) is 5.32 Å². The molecule has 1 amide bonds. The third-order valence-corrected chi connectivity index (χ3v) is 5.37. The topological polar surface area (TPSA) is 64.6 Å². The summed E-state index contributed by atoms with van der Waals surface area (Å²) in [5.41, 5.74) is 0.992. The average molecular weight is 390 g/mol. The van der Waals surface area contributed by atoms with Gasteiger partial charge in [-0.2, -0.15) is 0 Å². The number of esters is 1. The summed E-state index contributed by atoms with van der Waals surface area (Å²) in [5.74, 6) is -0.0235. The van der Waals surface area contributed by atoms with Gasteiger partial charge in [0.25, 0.3) is 5.91 Å². The molecule has 134 valence electrons. The third kappa shape index (κ3) is 3.66. The highest BCUT2D eigenvalue weighted by molar-refractivity contribution is 7.21. The van der Waals surface area contributed by atoms with Crippen LogP contribution in [-0.2, 0) is 4.74 Å². The number of fused-ring (bicyclic) bond motifs is 1. The van der Waals surface area contributed by atoms with Crippen LogP contribution in [0, 0.1) is 0 Å². The lowest BCUT2D eigenvalue weighted by molar-refractivity contribution is 0.0526. The first-order chi connectivity index (χ1) is 12.5. The van der Waals surface area contributed by atoms with E-state index in [4.69, 9.17) is 21.1 Å². The molecule has 0 spiro atoms. The molecule has 0 saturated heterocycles. The lowest BCUT2D eigenvalue weighted by Crippen LogP contribution is -2.11. The number of carbonyl (C=O) groups is 2. The highest BCUT2D eigenvalue weighted by atomic mass is 35.5. The molecule has 3 rings (SSSR count). The number of hydrogen-bond acceptors (Lipinski definition) is 5. The van der Waals surface area contributed by atoms with Crippen LogP contribution in [0.3, 0.4) is 0 Å². The van der Waals surface area contributed by atoms with Crippen LogP contribution >= 0.6 is 22.9 Å². The summed E-state index contributed by atoms with van der Waals surface area (Å²) in [7, 11) is 1.58. The Balaban J connectivity index is 1.81. The molecule has 1 N–H and O–H groups in total. The molecule has 0 aliphatic rings. The minimum absolute atomic E-state index is 0.306. The number of benzene rings is 2. The molecule has 26 heavy (non-hydrogen) atoms. The zero-order chi connectivity index (χ0) is 18.7. The Kier molecular flexibility index (Phi) is 5.44. The average Bonchev–Trinajstić information content (AvgIpc) is 2.98. The van der Waals surface area contributed by atoms with E-state index in [1.807, 2.05) is 12.1 Å². The van der Waals surface area contributed by atoms with E-state index < -0.39 is 5.97 Å². The second-order valence-electron chi connectivity index (χ2n) is 5.36. The summed E-state index contributed by atoms with van der Waals surface area (Å²) < 4.78 is 11.0. The number of ether oxygens (including phenoxy) is 2. The predicted octanol–water partition coefficient (Wildman–Crippen LogP) is 4.99. The lowest BCUT2D eigenvalue weighted by atomic mass is 10.2. The summed E-state index contributed by atoms with van der Waals surface area (Å²) >= 11 is 7.69. The first-order valence-corrected chi connectivity index (χ1v) is 9.07. The molecule has 7 heteroatoms. The maximum Gasteiger partial charge on any atom is 0.338 e. The van der Waals surface area contributed by atoms with E-state index >= 15 is 0 Å². The molecule has 2 aromatic carbocycles. The molecule has 3 aromatic rings. The van der Waals surface area contributed by atoms with Gasteiger partial charge in [-0.1, -0.05) is 11.6 Å². The summed E-state index contributed by atoms with van der Waals surface area (Å²) in [6.45, 7) is 2.06. The van der Waals surface area contributed by atoms with E-state index in [0.717, 1.165) is 10.1 Å². The van der Waals surface area contributed by atoms with Gasteiger partial charge in [0.15, 0.2) is 0 Å². The standard InChI is InChI=1S/C19H16ClNO4S/c1-3-25-19(23)11-4-6-12(7-5-11)21-18(22)17-16(20)14-10-13(24-2)8-9-15(14)26-17/h4-10H,3H2,1-2H3,(H,21,22). The van der Waals surface area contributed by atoms with Gasteiger partial charge in [0.2, 0.25) is 0 Å². The Bertz CT molecular complexity index is 966. The second-order valence-corrected chi connectivity index (χ2v) is 6.79. The van der Waals surface area contributed by atoms with Crippen LogP contribution in [0.25, 0.3) is 10.1 Å². The molecule has 0 saturated carbocycles. The third-order valence-electron chi connectivity index (χ3n) is 3.69. The van der Waals surface area contributed by atoms with Gasteiger partial charge in [0.05, 0.1) is 24.3 Å². The number of thiophene rings is 1. The molecule has 0 radical (unpaired) electrons. The highest BCUT2D eigenvalue weighted by Gasteiger charge is 2.18. The maximum absolute atomic E-state index is 12.6. The lowest BCUT2D eigenvalue weighted by Gasteiger charge is -2.06. The van der Waals surface area contributed by atoms with Gasteiger partial charge in [-0.05, 0) is 49.4 Å². The normalized spacial score (nSPS) is 10.6. The van der Waals surface area contributed by atoms with E-state index in [-0.39, 0.29) is 5.91 Å². The zero-order valence-corrected chi connectivity index (χ0v) is 15.7. The molecule has 0 aliphatic heterocycles. The van der Waals surface area contributed by atoms with Gasteiger partial charge in [0, 0.05) is 15.8 Å². The number of methoxy groups -OCH3 is 1. The van der Waals surface area contributed by atoms with Crippen LogP contribution in [0.5, 0.6) is 5.75 Å². The number of carbonyl (C=O) groups excluding carboxylic acids is 2. The van der Waals surface area contributed by atoms with Crippen molar-refractivity contribution in [1.82, 2.24) is 0 Å². The fraction of sp³-hybridized carbons (Fsp3) is 0.158. The van der Waals surface area contributed by atoms with Crippen molar-refractivity contribution in [3.05, 3.63) is 57.9 Å². The van der Waals surface area contributed by atoms with Crippen molar-refractivity contribution in [2.24, 2.45) is 0 Å². The molecule has 1 aromatic heterocycles. The Morgan fingerprint density at radius 2 is 1.88 bits per heavy atom. The van der Waals surface area contributed by atoms with Crippen LogP contribution in [0.2, 0.25) is 5.02 Å². The van der Waals surface area contributed by atoms with E-state index in [1.165, 1.54) is 11.3 Å². The minimum Gasteiger partial charge on any atom is -0.497 e. The number of rotatable bonds is 5. The molecule has 0 unspecified atom stereocenters. The SMILES string of the molecule is CCOC(=O)c1ccc(NC(=O)c2sc3ccc(OC)cc3c2Cl)cc1. The summed E-state index contributed by atoms with van der Waals surface area (Å²) in [4.78, 5) is 24.7. The number of hydrogen-bond donors (Lipinski definition) is 1. The van der Waals surface area contributed by atoms with Crippen LogP contribution in [0.15, 0.2) is 42.5 Å². The summed E-state index contributed by atoms with van der Waals surface area (Å²) in [6, 6.07) is 12.0. The summed E-state index contributed by atoms with van der Waals surface area (Å²) in [5, 5.41) is 3.96. The molecular weight excluding hydrogens is 374 g/mol. The Morgan fingerprint density at radius 1 is 1.15 bits per heavy atom. The largest absolute Gasteiger partial charge is 0.497 e. The quantitative estimate of drug-likeness (QED) is 0.624. The first-order valence-electron chi connectivity index (χ1n) is 7.88. The molecular formula is C19H16ClNO4S. The van der Waals surface area contributed by atoms with Gasteiger partial charge in [-0.25, -0.2) is 4.79 Å². The first kappa shape index (κ1) is 18.2. The Morgan fingerprint density at radius 3 is 2.54 bits per heavy atom. The minimum atomic E-state index is -0.396. The van der Waals surface area contributed by atoms with Crippen molar-refractivity contribution in [3.63, 3.8) is 0 Å². The van der Waals surface area contributed by atoms with Crippen LogP contribution in [0.4, 0.5) is 5.69 Å². The van der Waals surface area contributed by atoms with Crippen molar-refractivity contribution in [3.8, 4) is 5.75 Å². The second kappa shape index (κ2) is 7.76. The van der Waals surface area contributed by atoms with Gasteiger partial charge in [0.1, 0.15) is 10.6 Å². The van der Waals surface area contributed by atoms with Crippen molar-refractivity contribution in [2.75, 3.05) is 19.0 Å². The number of amides is 1. The van der Waals surface area contributed by atoms with Gasteiger partial charge in [-0.3, -0.25) is 4.79 Å². The van der Waals surface area contributed by atoms with E-state index in [1.54, 1.807) is 44.4 Å². The molecule has 0 bridgehead atoms. The Labute approximate surface area is 159 Å².